The lowest BCUT2D eigenvalue weighted by molar-refractivity contribution is -0.138. The molecule has 30 heavy (non-hydrogen) atoms. The highest BCUT2D eigenvalue weighted by molar-refractivity contribution is 6.35. The van der Waals surface area contributed by atoms with Crippen molar-refractivity contribution in [2.75, 3.05) is 13.1 Å². The average Bonchev–Trinajstić information content (AvgIpc) is 2.97. The van der Waals surface area contributed by atoms with E-state index in [-0.39, 0.29) is 11.8 Å². The summed E-state index contributed by atoms with van der Waals surface area (Å²) in [5.41, 5.74) is 6.43. The van der Waals surface area contributed by atoms with Gasteiger partial charge in [0, 0.05) is 13.1 Å². The van der Waals surface area contributed by atoms with Crippen molar-refractivity contribution >= 4 is 17.4 Å². The van der Waals surface area contributed by atoms with E-state index in [2.05, 4.69) is 18.7 Å². The topological polar surface area (TPSA) is 40.6 Å². The maximum absolute atomic E-state index is 13.5. The monoisotopic (exact) mass is 402 g/mol. The molecule has 2 aliphatic heterocycles. The number of carbonyl (C=O) groups excluding carboxylic acids is 2. The number of aryl methyl sites for hydroxylation is 3. The second-order valence-electron chi connectivity index (χ2n) is 8.87. The van der Waals surface area contributed by atoms with Crippen molar-refractivity contribution in [3.05, 3.63) is 76.0 Å². The number of hydrogen-bond donors (Lipinski definition) is 0. The van der Waals surface area contributed by atoms with E-state index < -0.39 is 0 Å². The molecule has 0 saturated carbocycles. The standard InChI is InChI=1S/C26H30N2O2/c1-17-5-8-21(9-6-17)16-28-25(29)23(22-10-7-19(3)20(4)15-22)24(26(28)30)27-13-11-18(2)12-14-27/h5-10,15,18H,11-14,16H2,1-4H3. The summed E-state index contributed by atoms with van der Waals surface area (Å²) >= 11 is 0. The zero-order chi connectivity index (χ0) is 21.4. The molecule has 2 aromatic carbocycles. The maximum atomic E-state index is 13.5. The normalized spacial score (nSPS) is 18.0. The van der Waals surface area contributed by atoms with E-state index in [4.69, 9.17) is 0 Å². The Morgan fingerprint density at radius 3 is 2.17 bits per heavy atom. The number of benzene rings is 2. The Labute approximate surface area is 179 Å². The molecule has 0 spiro atoms. The van der Waals surface area contributed by atoms with E-state index in [1.165, 1.54) is 10.5 Å². The van der Waals surface area contributed by atoms with Gasteiger partial charge < -0.3 is 4.90 Å². The van der Waals surface area contributed by atoms with Gasteiger partial charge in [-0.2, -0.15) is 0 Å². The van der Waals surface area contributed by atoms with Gasteiger partial charge in [0.2, 0.25) is 0 Å². The van der Waals surface area contributed by atoms with Gasteiger partial charge in [-0.25, -0.2) is 0 Å². The molecule has 0 N–H and O–H groups in total. The van der Waals surface area contributed by atoms with Crippen molar-refractivity contribution in [1.82, 2.24) is 9.80 Å². The van der Waals surface area contributed by atoms with E-state index >= 15 is 0 Å². The summed E-state index contributed by atoms with van der Waals surface area (Å²) in [4.78, 5) is 30.6. The van der Waals surface area contributed by atoms with Gasteiger partial charge in [0.25, 0.3) is 11.8 Å². The Kier molecular flexibility index (Phi) is 5.50. The van der Waals surface area contributed by atoms with Crippen LogP contribution >= 0.6 is 0 Å². The largest absolute Gasteiger partial charge is 0.366 e. The average molecular weight is 403 g/mol. The first kappa shape index (κ1) is 20.4. The van der Waals surface area contributed by atoms with Gasteiger partial charge in [-0.3, -0.25) is 14.5 Å². The van der Waals surface area contributed by atoms with E-state index in [0.29, 0.717) is 23.7 Å². The van der Waals surface area contributed by atoms with Gasteiger partial charge in [0.05, 0.1) is 12.1 Å². The van der Waals surface area contributed by atoms with Crippen LogP contribution in [-0.4, -0.2) is 34.7 Å². The van der Waals surface area contributed by atoms with E-state index in [9.17, 15) is 9.59 Å². The summed E-state index contributed by atoms with van der Waals surface area (Å²) in [6.45, 7) is 10.3. The van der Waals surface area contributed by atoms with Gasteiger partial charge in [0.15, 0.2) is 0 Å². The lowest BCUT2D eigenvalue weighted by Crippen LogP contribution is -2.38. The number of hydrogen-bond acceptors (Lipinski definition) is 3. The highest BCUT2D eigenvalue weighted by atomic mass is 16.2. The number of imide groups is 1. The Hall–Kier alpha value is -2.88. The Balaban J connectivity index is 1.73. The molecule has 0 bridgehead atoms. The fraction of sp³-hybridized carbons (Fsp3) is 0.385. The minimum atomic E-state index is -0.183. The molecule has 2 aliphatic rings. The zero-order valence-corrected chi connectivity index (χ0v) is 18.4. The fourth-order valence-corrected chi connectivity index (χ4v) is 4.27. The van der Waals surface area contributed by atoms with Gasteiger partial charge in [-0.15, -0.1) is 0 Å². The van der Waals surface area contributed by atoms with Crippen LogP contribution in [0.2, 0.25) is 0 Å². The van der Waals surface area contributed by atoms with Crippen LogP contribution in [0.25, 0.3) is 5.57 Å². The van der Waals surface area contributed by atoms with Crippen molar-refractivity contribution in [2.45, 2.75) is 47.1 Å². The van der Waals surface area contributed by atoms with Crippen LogP contribution in [0.4, 0.5) is 0 Å². The van der Waals surface area contributed by atoms with Crippen LogP contribution in [0.5, 0.6) is 0 Å². The molecule has 4 rings (SSSR count). The first-order chi connectivity index (χ1) is 14.3. The molecule has 4 heteroatoms. The van der Waals surface area contributed by atoms with Crippen LogP contribution in [0, 0.1) is 26.7 Å². The van der Waals surface area contributed by atoms with Crippen LogP contribution < -0.4 is 0 Å². The fourth-order valence-electron chi connectivity index (χ4n) is 4.27. The number of nitrogens with zero attached hydrogens (tertiary/aromatic N) is 2. The van der Waals surface area contributed by atoms with Crippen LogP contribution in [0.3, 0.4) is 0 Å². The zero-order valence-electron chi connectivity index (χ0n) is 18.4. The summed E-state index contributed by atoms with van der Waals surface area (Å²) in [5, 5.41) is 0. The molecule has 0 atom stereocenters. The summed E-state index contributed by atoms with van der Waals surface area (Å²) < 4.78 is 0. The minimum Gasteiger partial charge on any atom is -0.366 e. The van der Waals surface area contributed by atoms with Gasteiger partial charge in [0.1, 0.15) is 5.70 Å². The summed E-state index contributed by atoms with van der Waals surface area (Å²) in [5.74, 6) is 0.309. The first-order valence-corrected chi connectivity index (χ1v) is 10.8. The van der Waals surface area contributed by atoms with Crippen LogP contribution in [-0.2, 0) is 16.1 Å². The molecule has 1 fully saturated rings. The quantitative estimate of drug-likeness (QED) is 0.701. The van der Waals surface area contributed by atoms with E-state index in [0.717, 1.165) is 48.2 Å². The second kappa shape index (κ2) is 8.10. The van der Waals surface area contributed by atoms with Gasteiger partial charge in [-0.1, -0.05) is 55.0 Å². The molecule has 156 valence electrons. The maximum Gasteiger partial charge on any atom is 0.278 e. The van der Waals surface area contributed by atoms with Gasteiger partial charge >= 0.3 is 0 Å². The smallest absolute Gasteiger partial charge is 0.278 e. The third-order valence-electron chi connectivity index (χ3n) is 6.50. The third-order valence-corrected chi connectivity index (χ3v) is 6.50. The number of carbonyl (C=O) groups is 2. The molecular weight excluding hydrogens is 372 g/mol. The Morgan fingerprint density at radius 2 is 1.53 bits per heavy atom. The molecule has 4 nitrogen and oxygen atoms in total. The number of likely N-dealkylation sites (tertiary alicyclic amines) is 1. The molecule has 2 heterocycles. The summed E-state index contributed by atoms with van der Waals surface area (Å²) in [7, 11) is 0. The Morgan fingerprint density at radius 1 is 0.867 bits per heavy atom. The molecule has 1 saturated heterocycles. The third kappa shape index (κ3) is 3.79. The Bertz CT molecular complexity index is 1010. The van der Waals surface area contributed by atoms with Crippen molar-refractivity contribution in [1.29, 1.82) is 0 Å². The van der Waals surface area contributed by atoms with Crippen LogP contribution in [0.1, 0.15) is 47.6 Å². The van der Waals surface area contributed by atoms with E-state index in [1.807, 2.05) is 56.3 Å². The molecule has 0 radical (unpaired) electrons. The predicted octanol–water partition coefficient (Wildman–Crippen LogP) is 4.62. The van der Waals surface area contributed by atoms with E-state index in [1.54, 1.807) is 0 Å². The molecule has 2 aromatic rings. The summed E-state index contributed by atoms with van der Waals surface area (Å²) in [6, 6.07) is 14.1. The molecule has 0 aromatic heterocycles. The number of amides is 2. The summed E-state index contributed by atoms with van der Waals surface area (Å²) in [6.07, 6.45) is 2.09. The molecule has 0 aliphatic carbocycles. The SMILES string of the molecule is Cc1ccc(CN2C(=O)C(c3ccc(C)c(C)c3)=C(N3CCC(C)CC3)C2=O)cc1. The van der Waals surface area contributed by atoms with Crippen LogP contribution in [0.15, 0.2) is 48.2 Å². The first-order valence-electron chi connectivity index (χ1n) is 10.8. The highest BCUT2D eigenvalue weighted by Crippen LogP contribution is 2.35. The number of rotatable bonds is 4. The lowest BCUT2D eigenvalue weighted by atomic mass is 9.96. The highest BCUT2D eigenvalue weighted by Gasteiger charge is 2.42. The lowest BCUT2D eigenvalue weighted by Gasteiger charge is -2.32. The van der Waals surface area contributed by atoms with Crippen molar-refractivity contribution < 1.29 is 9.59 Å². The number of piperidine rings is 1. The van der Waals surface area contributed by atoms with Gasteiger partial charge in [-0.05, 0) is 61.8 Å². The molecule has 2 amide bonds. The second-order valence-corrected chi connectivity index (χ2v) is 8.87. The molecular formula is C26H30N2O2. The van der Waals surface area contributed by atoms with Crippen molar-refractivity contribution in [3.8, 4) is 0 Å². The predicted molar refractivity (Wildman–Crippen MR) is 120 cm³/mol. The van der Waals surface area contributed by atoms with Crippen molar-refractivity contribution in [2.24, 2.45) is 5.92 Å². The minimum absolute atomic E-state index is 0.164. The molecule has 0 unspecified atom stereocenters. The van der Waals surface area contributed by atoms with Crippen molar-refractivity contribution in [3.63, 3.8) is 0 Å².